The molecule has 2 rings (SSSR count). The number of rotatable bonds is 4. The summed E-state index contributed by atoms with van der Waals surface area (Å²) in [5, 5.41) is 2.95. The third kappa shape index (κ3) is 3.63. The van der Waals surface area contributed by atoms with E-state index < -0.39 is 0 Å². The third-order valence-corrected chi connectivity index (χ3v) is 4.24. The van der Waals surface area contributed by atoms with Crippen molar-refractivity contribution in [2.75, 3.05) is 11.9 Å². The molecule has 4 nitrogen and oxygen atoms in total. The number of anilines is 1. The summed E-state index contributed by atoms with van der Waals surface area (Å²) in [5.41, 5.74) is 1.28. The molecule has 1 amide bonds. The number of ether oxygens (including phenoxy) is 1. The van der Waals surface area contributed by atoms with E-state index >= 15 is 0 Å². The zero-order chi connectivity index (χ0) is 15.5. The summed E-state index contributed by atoms with van der Waals surface area (Å²) >= 11 is 0. The molecule has 1 aliphatic carbocycles. The minimum Gasteiger partial charge on any atom is -0.462 e. The predicted molar refractivity (Wildman–Crippen MR) is 82.2 cm³/mol. The molecule has 0 aromatic heterocycles. The van der Waals surface area contributed by atoms with Gasteiger partial charge in [0.15, 0.2) is 0 Å². The van der Waals surface area contributed by atoms with Crippen LogP contribution in [-0.2, 0) is 9.53 Å². The Balaban J connectivity index is 2.00. The normalized spacial score (nSPS) is 20.0. The fraction of sp³-hybridized carbons (Fsp3) is 0.529. The zero-order valence-corrected chi connectivity index (χ0v) is 12.9. The first-order valence-corrected chi connectivity index (χ1v) is 7.52. The molecular weight excluding hydrogens is 266 g/mol. The second-order valence-corrected chi connectivity index (χ2v) is 6.22. The van der Waals surface area contributed by atoms with Crippen LogP contribution in [0.4, 0.5) is 5.69 Å². The predicted octanol–water partition coefficient (Wildman–Crippen LogP) is 3.63. The van der Waals surface area contributed by atoms with E-state index in [-0.39, 0.29) is 23.2 Å². The molecule has 114 valence electrons. The molecule has 0 radical (unpaired) electrons. The second kappa shape index (κ2) is 6.29. The third-order valence-electron chi connectivity index (χ3n) is 4.24. The van der Waals surface area contributed by atoms with Crippen LogP contribution in [0.15, 0.2) is 24.3 Å². The lowest BCUT2D eigenvalue weighted by atomic mass is 9.81. The van der Waals surface area contributed by atoms with Crippen molar-refractivity contribution in [3.05, 3.63) is 29.8 Å². The number of esters is 1. The standard InChI is InChI=1S/C17H23NO3/c1-4-21-16(20)12-7-9-13(10-8-12)18-15(19)14-6-5-11-17(14,2)3/h7-10,14H,4-6,11H2,1-3H3,(H,18,19). The van der Waals surface area contributed by atoms with Gasteiger partial charge in [-0.25, -0.2) is 4.79 Å². The number of carbonyl (C=O) groups is 2. The minimum atomic E-state index is -0.340. The number of benzene rings is 1. The average molecular weight is 289 g/mol. The van der Waals surface area contributed by atoms with Crippen molar-refractivity contribution < 1.29 is 14.3 Å². The van der Waals surface area contributed by atoms with Gasteiger partial charge in [0.2, 0.25) is 5.91 Å². The van der Waals surface area contributed by atoms with Crippen LogP contribution in [0, 0.1) is 11.3 Å². The summed E-state index contributed by atoms with van der Waals surface area (Å²) in [4.78, 5) is 23.9. The molecule has 1 atom stereocenters. The van der Waals surface area contributed by atoms with E-state index in [1.807, 2.05) is 0 Å². The van der Waals surface area contributed by atoms with Crippen molar-refractivity contribution in [1.82, 2.24) is 0 Å². The van der Waals surface area contributed by atoms with Crippen LogP contribution < -0.4 is 5.32 Å². The minimum absolute atomic E-state index is 0.0576. The van der Waals surface area contributed by atoms with E-state index in [1.54, 1.807) is 31.2 Å². The van der Waals surface area contributed by atoms with E-state index in [0.29, 0.717) is 12.2 Å². The SMILES string of the molecule is CCOC(=O)c1ccc(NC(=O)C2CCCC2(C)C)cc1. The zero-order valence-electron chi connectivity index (χ0n) is 12.9. The van der Waals surface area contributed by atoms with Gasteiger partial charge >= 0.3 is 5.97 Å². The number of nitrogens with one attached hydrogen (secondary N) is 1. The van der Waals surface area contributed by atoms with E-state index in [0.717, 1.165) is 24.9 Å². The summed E-state index contributed by atoms with van der Waals surface area (Å²) in [6.45, 7) is 6.42. The van der Waals surface area contributed by atoms with Crippen LogP contribution >= 0.6 is 0 Å². The first-order chi connectivity index (χ1) is 9.94. The van der Waals surface area contributed by atoms with E-state index in [1.165, 1.54) is 0 Å². The van der Waals surface area contributed by atoms with Gasteiger partial charge in [0, 0.05) is 11.6 Å². The summed E-state index contributed by atoms with van der Waals surface area (Å²) in [6.07, 6.45) is 3.14. The Labute approximate surface area is 125 Å². The Hall–Kier alpha value is -1.84. The topological polar surface area (TPSA) is 55.4 Å². The quantitative estimate of drug-likeness (QED) is 0.861. The lowest BCUT2D eigenvalue weighted by molar-refractivity contribution is -0.122. The first kappa shape index (κ1) is 15.5. The Kier molecular flexibility index (Phi) is 4.66. The smallest absolute Gasteiger partial charge is 0.338 e. The molecule has 4 heteroatoms. The van der Waals surface area contributed by atoms with Gasteiger partial charge in [0.05, 0.1) is 12.2 Å². The number of carbonyl (C=O) groups excluding carboxylic acids is 2. The fourth-order valence-electron chi connectivity index (χ4n) is 2.95. The van der Waals surface area contributed by atoms with Gasteiger partial charge in [-0.05, 0) is 49.4 Å². The largest absolute Gasteiger partial charge is 0.462 e. The molecule has 1 aromatic rings. The van der Waals surface area contributed by atoms with E-state index in [9.17, 15) is 9.59 Å². The summed E-state index contributed by atoms with van der Waals surface area (Å²) < 4.78 is 4.93. The molecule has 21 heavy (non-hydrogen) atoms. The van der Waals surface area contributed by atoms with Gasteiger partial charge in [-0.15, -0.1) is 0 Å². The van der Waals surface area contributed by atoms with Crippen LogP contribution in [0.3, 0.4) is 0 Å². The van der Waals surface area contributed by atoms with Crippen LogP contribution in [0.2, 0.25) is 0 Å². The lowest BCUT2D eigenvalue weighted by Crippen LogP contribution is -2.30. The van der Waals surface area contributed by atoms with Crippen LogP contribution in [-0.4, -0.2) is 18.5 Å². The molecule has 0 saturated heterocycles. The Bertz CT molecular complexity index is 519. The van der Waals surface area contributed by atoms with Gasteiger partial charge in [-0.3, -0.25) is 4.79 Å². The molecule has 0 aliphatic heterocycles. The van der Waals surface area contributed by atoms with Crippen molar-refractivity contribution in [2.45, 2.75) is 40.0 Å². The van der Waals surface area contributed by atoms with Crippen molar-refractivity contribution in [3.8, 4) is 0 Å². The Morgan fingerprint density at radius 2 is 1.95 bits per heavy atom. The second-order valence-electron chi connectivity index (χ2n) is 6.22. The highest BCUT2D eigenvalue weighted by Crippen LogP contribution is 2.43. The van der Waals surface area contributed by atoms with Crippen molar-refractivity contribution in [1.29, 1.82) is 0 Å². The maximum absolute atomic E-state index is 12.3. The highest BCUT2D eigenvalue weighted by atomic mass is 16.5. The molecule has 1 aromatic carbocycles. The molecule has 1 fully saturated rings. The Morgan fingerprint density at radius 3 is 2.48 bits per heavy atom. The molecular formula is C17H23NO3. The highest BCUT2D eigenvalue weighted by Gasteiger charge is 2.39. The molecule has 1 aliphatic rings. The monoisotopic (exact) mass is 289 g/mol. The van der Waals surface area contributed by atoms with Gasteiger partial charge in [0.25, 0.3) is 0 Å². The van der Waals surface area contributed by atoms with Crippen LogP contribution in [0.5, 0.6) is 0 Å². The van der Waals surface area contributed by atoms with Gasteiger partial charge < -0.3 is 10.1 Å². The number of amides is 1. The lowest BCUT2D eigenvalue weighted by Gasteiger charge is -2.25. The van der Waals surface area contributed by atoms with Crippen LogP contribution in [0.1, 0.15) is 50.4 Å². The fourth-order valence-corrected chi connectivity index (χ4v) is 2.95. The first-order valence-electron chi connectivity index (χ1n) is 7.52. The summed E-state index contributed by atoms with van der Waals surface area (Å²) in [6, 6.07) is 6.83. The molecule has 0 heterocycles. The average Bonchev–Trinajstić information content (AvgIpc) is 2.79. The van der Waals surface area contributed by atoms with E-state index in [2.05, 4.69) is 19.2 Å². The molecule has 1 unspecified atom stereocenters. The van der Waals surface area contributed by atoms with E-state index in [4.69, 9.17) is 4.74 Å². The summed E-state index contributed by atoms with van der Waals surface area (Å²) in [7, 11) is 0. The van der Waals surface area contributed by atoms with Crippen molar-refractivity contribution in [3.63, 3.8) is 0 Å². The number of hydrogen-bond acceptors (Lipinski definition) is 3. The summed E-state index contributed by atoms with van der Waals surface area (Å²) in [5.74, 6) is -0.212. The Morgan fingerprint density at radius 1 is 1.29 bits per heavy atom. The number of hydrogen-bond donors (Lipinski definition) is 1. The maximum atomic E-state index is 12.3. The van der Waals surface area contributed by atoms with Crippen molar-refractivity contribution in [2.24, 2.45) is 11.3 Å². The van der Waals surface area contributed by atoms with Crippen LogP contribution in [0.25, 0.3) is 0 Å². The highest BCUT2D eigenvalue weighted by molar-refractivity contribution is 5.94. The van der Waals surface area contributed by atoms with Crippen molar-refractivity contribution >= 4 is 17.6 Å². The maximum Gasteiger partial charge on any atom is 0.338 e. The molecule has 0 spiro atoms. The molecule has 1 saturated carbocycles. The molecule has 0 bridgehead atoms. The van der Waals surface area contributed by atoms with Gasteiger partial charge in [-0.1, -0.05) is 20.3 Å². The van der Waals surface area contributed by atoms with Gasteiger partial charge in [0.1, 0.15) is 0 Å². The van der Waals surface area contributed by atoms with Gasteiger partial charge in [-0.2, -0.15) is 0 Å². The molecule has 1 N–H and O–H groups in total.